The molecule has 6 N–H and O–H groups in total. The van der Waals surface area contributed by atoms with E-state index in [0.717, 1.165) is 49.4 Å². The van der Waals surface area contributed by atoms with Gasteiger partial charge >= 0.3 is 37.0 Å². The van der Waals surface area contributed by atoms with Crippen LogP contribution in [0.5, 0.6) is 0 Å². The summed E-state index contributed by atoms with van der Waals surface area (Å²) < 4.78 is 15.1. The van der Waals surface area contributed by atoms with Crippen molar-refractivity contribution in [3.63, 3.8) is 0 Å². The number of aliphatic hydroxyl groups is 2. The molecule has 358 valence electrons. The Morgan fingerprint density at radius 2 is 0.957 bits per heavy atom. The van der Waals surface area contributed by atoms with Gasteiger partial charge in [-0.15, -0.1) is 0 Å². The third-order valence-electron chi connectivity index (χ3n) is 9.83. The summed E-state index contributed by atoms with van der Waals surface area (Å²) in [5.74, 6) is -0.443. The van der Waals surface area contributed by atoms with Crippen molar-refractivity contribution in [2.45, 2.75) is 52.1 Å². The van der Waals surface area contributed by atoms with E-state index in [-0.39, 0.29) is 67.4 Å². The Bertz CT molecular complexity index is 2930. The van der Waals surface area contributed by atoms with Gasteiger partial charge in [-0.2, -0.15) is 0 Å². The first-order chi connectivity index (χ1) is 31.0. The number of anilines is 3. The van der Waals surface area contributed by atoms with Crippen molar-refractivity contribution < 1.29 is 78.1 Å². The molecule has 0 fully saturated rings. The second-order valence-electron chi connectivity index (χ2n) is 15.9. The normalized spacial score (nSPS) is 10.4. The molecule has 0 atom stereocenters. The second-order valence-corrected chi connectivity index (χ2v) is 15.9. The van der Waals surface area contributed by atoms with Crippen LogP contribution in [-0.4, -0.2) is 50.4 Å². The number of nitrogens with zero attached hydrogens (tertiary/aromatic N) is 3. The van der Waals surface area contributed by atoms with Crippen LogP contribution >= 0.6 is 0 Å². The summed E-state index contributed by atoms with van der Waals surface area (Å²) in [5.41, 5.74) is 11.7. The van der Waals surface area contributed by atoms with Gasteiger partial charge in [-0.05, 0) is 93.4 Å². The number of rotatable bonds is 9. The zero-order valence-corrected chi connectivity index (χ0v) is 41.5. The van der Waals surface area contributed by atoms with Crippen LogP contribution < -0.4 is 35.2 Å². The molecule has 0 aliphatic heterocycles. The molecule has 0 saturated carbocycles. The molecule has 0 radical (unpaired) electrons. The van der Waals surface area contributed by atoms with Crippen molar-refractivity contribution in [3.8, 4) is 0 Å². The molecule has 8 aromatic rings. The Morgan fingerprint density at radius 1 is 0.565 bits per heavy atom. The number of methoxy groups -OCH3 is 1. The number of esters is 1. The maximum absolute atomic E-state index is 11.9. The molecular weight excluding hydrogens is 962 g/mol. The fraction of sp³-hybridized carbons (Fsp3) is 0.170. The standard InChI is InChI=1S/C20H20N2O3.C19H16N2O4.C12H14N2O.2CH3.Li.Pd/c1-20(2,24)16-10-15-8-9-17(11-18(15)21-12-16)22-19(23)25-13-14-6-4-3-5-7-14;1-24-18(22)15-9-14-7-8-16(10-17(14)20-11-15)21-19(23)25-12-13-5-3-2-4-6-13;1-12(2,15)9-5-8-3-4-10(13)6-11(8)14-7-9;;;;/h3-12,24H,13H2,1-2H3,(H,22,23);2-11H,12H2,1H3,(H,21,23);3-7,15H,13H2,1-2H3;2*1H3;;/q;;;2*-1;+1;. The van der Waals surface area contributed by atoms with Crippen molar-refractivity contribution in [3.05, 3.63) is 195 Å². The molecule has 0 unspecified atom stereocenters. The number of carbonyl (C=O) groups excluding carboxylic acids is 3. The van der Waals surface area contributed by atoms with E-state index < -0.39 is 29.4 Å². The molecule has 14 nitrogen and oxygen atoms in total. The number of amides is 2. The van der Waals surface area contributed by atoms with E-state index in [1.54, 1.807) is 76.5 Å². The number of aromatic nitrogens is 3. The zero-order valence-electron chi connectivity index (χ0n) is 39.9. The number of fused-ring (bicyclic) bond motifs is 3. The van der Waals surface area contributed by atoms with E-state index >= 15 is 0 Å². The number of nitrogens with two attached hydrogens (primary N) is 1. The number of benzene rings is 5. The second kappa shape index (κ2) is 26.8. The Hall–Kier alpha value is -6.68. The summed E-state index contributed by atoms with van der Waals surface area (Å²) in [4.78, 5) is 48.2. The predicted octanol–water partition coefficient (Wildman–Crippen LogP) is 7.93. The number of nitrogens with one attached hydrogen (secondary N) is 2. The maximum Gasteiger partial charge on any atom is 1.00 e. The quantitative estimate of drug-likeness (QED) is 0.0307. The summed E-state index contributed by atoms with van der Waals surface area (Å²) in [6.45, 7) is 7.33. The minimum Gasteiger partial charge on any atom is -0.465 e. The third-order valence-corrected chi connectivity index (χ3v) is 9.83. The van der Waals surface area contributed by atoms with Crippen LogP contribution in [0.15, 0.2) is 152 Å². The Kier molecular flexibility index (Phi) is 22.7. The van der Waals surface area contributed by atoms with Gasteiger partial charge in [0, 0.05) is 83.4 Å². The first-order valence-corrected chi connectivity index (χ1v) is 20.5. The summed E-state index contributed by atoms with van der Waals surface area (Å²) in [7, 11) is 1.32. The van der Waals surface area contributed by atoms with Crippen LogP contribution in [0, 0.1) is 14.9 Å². The Morgan fingerprint density at radius 3 is 1.38 bits per heavy atom. The maximum atomic E-state index is 11.9. The van der Waals surface area contributed by atoms with Crippen LogP contribution in [0.25, 0.3) is 32.7 Å². The molecule has 8 rings (SSSR count). The summed E-state index contributed by atoms with van der Waals surface area (Å²) >= 11 is 0. The average molecular weight is 1020 g/mol. The van der Waals surface area contributed by atoms with E-state index in [2.05, 4.69) is 30.3 Å². The molecular formula is C53H56LiN6O8Pd-. The van der Waals surface area contributed by atoms with Crippen molar-refractivity contribution in [1.82, 2.24) is 15.0 Å². The summed E-state index contributed by atoms with van der Waals surface area (Å²) in [6, 6.07) is 40.6. The third kappa shape index (κ3) is 17.4. The van der Waals surface area contributed by atoms with E-state index in [9.17, 15) is 24.6 Å². The fourth-order valence-electron chi connectivity index (χ4n) is 6.19. The van der Waals surface area contributed by atoms with Gasteiger partial charge in [0.15, 0.2) is 0 Å². The molecule has 16 heteroatoms. The number of nitrogen functional groups attached to an aromatic ring is 1. The zero-order chi connectivity index (χ0) is 46.6. The van der Waals surface area contributed by atoms with Gasteiger partial charge in [-0.1, -0.05) is 78.9 Å². The number of hydrogen-bond acceptors (Lipinski definition) is 12. The van der Waals surface area contributed by atoms with Gasteiger partial charge in [0.1, 0.15) is 13.2 Å². The van der Waals surface area contributed by atoms with Gasteiger partial charge in [0.05, 0.1) is 40.4 Å². The van der Waals surface area contributed by atoms with Crippen molar-refractivity contribution >= 4 is 67.9 Å². The monoisotopic (exact) mass is 1020 g/mol. The summed E-state index contributed by atoms with van der Waals surface area (Å²) in [5, 5.41) is 27.9. The molecule has 0 aliphatic carbocycles. The van der Waals surface area contributed by atoms with E-state index in [1.165, 1.54) is 13.3 Å². The molecule has 0 saturated heterocycles. The fourth-order valence-corrected chi connectivity index (χ4v) is 6.19. The molecule has 5 aromatic carbocycles. The van der Waals surface area contributed by atoms with Crippen LogP contribution in [0.2, 0.25) is 0 Å². The number of hydrogen-bond donors (Lipinski definition) is 5. The molecule has 69 heavy (non-hydrogen) atoms. The van der Waals surface area contributed by atoms with Crippen LogP contribution in [0.3, 0.4) is 0 Å². The van der Waals surface area contributed by atoms with Gasteiger partial charge in [0.25, 0.3) is 0 Å². The van der Waals surface area contributed by atoms with Gasteiger partial charge < -0.3 is 45.0 Å². The van der Waals surface area contributed by atoms with Crippen LogP contribution in [0.1, 0.15) is 60.3 Å². The summed E-state index contributed by atoms with van der Waals surface area (Å²) in [6.07, 6.45) is 3.69. The molecule has 0 spiro atoms. The van der Waals surface area contributed by atoms with E-state index in [1.807, 2.05) is 97.1 Å². The Balaban J connectivity index is 0.000000355. The number of pyridine rings is 3. The molecule has 3 heterocycles. The van der Waals surface area contributed by atoms with Crippen molar-refractivity contribution in [2.24, 2.45) is 0 Å². The predicted molar refractivity (Wildman–Crippen MR) is 265 cm³/mol. The van der Waals surface area contributed by atoms with Crippen molar-refractivity contribution in [2.75, 3.05) is 23.5 Å². The van der Waals surface area contributed by atoms with Gasteiger partial charge in [-0.3, -0.25) is 25.6 Å². The average Bonchev–Trinajstić information content (AvgIpc) is 3.30. The van der Waals surface area contributed by atoms with Crippen LogP contribution in [-0.2, 0) is 59.0 Å². The SMILES string of the molecule is CC(C)(O)c1cnc2cc(N)ccc2c1.CC(C)(O)c1cnc2cc(NC(=O)OCc3ccccc3)ccc2c1.COC(=O)c1cnc2cc(NC(=O)OCc3ccccc3)ccc2c1.[CH3-].[CH3-].[Li+].[Pd]. The van der Waals surface area contributed by atoms with E-state index in [4.69, 9.17) is 15.2 Å². The number of ether oxygens (including phenoxy) is 3. The molecule has 0 aliphatic rings. The van der Waals surface area contributed by atoms with Crippen LogP contribution in [0.4, 0.5) is 26.7 Å². The van der Waals surface area contributed by atoms with E-state index in [0.29, 0.717) is 28.1 Å². The first-order valence-electron chi connectivity index (χ1n) is 20.5. The minimum absolute atomic E-state index is 0. The Labute approximate surface area is 428 Å². The molecule has 3 aromatic heterocycles. The molecule has 0 bridgehead atoms. The van der Waals surface area contributed by atoms with Gasteiger partial charge in [0.2, 0.25) is 0 Å². The first kappa shape index (κ1) is 58.4. The van der Waals surface area contributed by atoms with Gasteiger partial charge in [-0.25, -0.2) is 14.4 Å². The molecule has 2 amide bonds. The number of carbonyl (C=O) groups is 3. The van der Waals surface area contributed by atoms with Crippen molar-refractivity contribution in [1.29, 1.82) is 0 Å². The smallest absolute Gasteiger partial charge is 0.465 e. The minimum atomic E-state index is -0.945. The largest absolute Gasteiger partial charge is 1.00 e. The topological polar surface area (TPSA) is 208 Å².